The van der Waals surface area contributed by atoms with Crippen LogP contribution in [0.5, 0.6) is 0 Å². The van der Waals surface area contributed by atoms with Gasteiger partial charge in [0.2, 0.25) is 0 Å². The smallest absolute Gasteiger partial charge is 0.325 e. The number of amides is 2. The van der Waals surface area contributed by atoms with Crippen molar-refractivity contribution >= 4 is 17.7 Å². The number of fused-ring (bicyclic) bond motifs is 1. The van der Waals surface area contributed by atoms with Crippen LogP contribution in [0.3, 0.4) is 0 Å². The predicted octanol–water partition coefficient (Wildman–Crippen LogP) is 2.35. The van der Waals surface area contributed by atoms with E-state index in [1.165, 1.54) is 4.90 Å². The van der Waals surface area contributed by atoms with Crippen molar-refractivity contribution in [3.63, 3.8) is 0 Å². The number of carboxylic acid groups (broad SMARTS) is 1. The number of hydrogen-bond acceptors (Lipinski definition) is 2. The third-order valence-electron chi connectivity index (χ3n) is 3.59. The van der Waals surface area contributed by atoms with Crippen LogP contribution in [0.25, 0.3) is 0 Å². The number of rotatable bonds is 3. The lowest BCUT2D eigenvalue weighted by Gasteiger charge is -2.32. The Bertz CT molecular complexity index is 528. The van der Waals surface area contributed by atoms with Gasteiger partial charge in [-0.25, -0.2) is 4.79 Å². The summed E-state index contributed by atoms with van der Waals surface area (Å²) in [5.41, 5.74) is 2.02. The molecule has 0 aliphatic carbocycles. The van der Waals surface area contributed by atoms with Crippen LogP contribution in [0.15, 0.2) is 24.3 Å². The van der Waals surface area contributed by atoms with Crippen molar-refractivity contribution in [1.29, 1.82) is 0 Å². The lowest BCUT2D eigenvalue weighted by molar-refractivity contribution is -0.138. The van der Waals surface area contributed by atoms with E-state index < -0.39 is 5.97 Å². The Labute approximate surface area is 118 Å². The molecule has 1 unspecified atom stereocenters. The Morgan fingerprint density at radius 1 is 1.40 bits per heavy atom. The molecule has 0 fully saturated rings. The van der Waals surface area contributed by atoms with E-state index in [4.69, 9.17) is 5.11 Å². The van der Waals surface area contributed by atoms with Crippen LogP contribution >= 0.6 is 0 Å². The summed E-state index contributed by atoms with van der Waals surface area (Å²) in [6.45, 7) is 5.36. The Morgan fingerprint density at radius 2 is 2.05 bits per heavy atom. The summed E-state index contributed by atoms with van der Waals surface area (Å²) >= 11 is 0. The van der Waals surface area contributed by atoms with Crippen molar-refractivity contribution in [2.24, 2.45) is 0 Å². The molecule has 0 saturated carbocycles. The van der Waals surface area contributed by atoms with Crippen LogP contribution in [0, 0.1) is 0 Å². The molecule has 108 valence electrons. The third kappa shape index (κ3) is 2.61. The number of carbonyl (C=O) groups excluding carboxylic acids is 1. The summed E-state index contributed by atoms with van der Waals surface area (Å²) in [5.74, 6) is -0.993. The number of hydrogen-bond donors (Lipinski definition) is 1. The van der Waals surface area contributed by atoms with Gasteiger partial charge in [-0.3, -0.25) is 9.69 Å². The average Bonchev–Trinajstić information content (AvgIpc) is 2.70. The maximum Gasteiger partial charge on any atom is 0.325 e. The summed E-state index contributed by atoms with van der Waals surface area (Å²) < 4.78 is 0. The number of urea groups is 1. The first kappa shape index (κ1) is 14.4. The molecule has 5 nitrogen and oxygen atoms in total. The van der Waals surface area contributed by atoms with Crippen molar-refractivity contribution < 1.29 is 14.7 Å². The molecule has 0 aromatic heterocycles. The summed E-state index contributed by atoms with van der Waals surface area (Å²) in [6, 6.07) is 7.44. The van der Waals surface area contributed by atoms with Gasteiger partial charge >= 0.3 is 12.0 Å². The molecule has 5 heteroatoms. The molecule has 1 atom stereocenters. The predicted molar refractivity (Wildman–Crippen MR) is 77.0 cm³/mol. The third-order valence-corrected chi connectivity index (χ3v) is 3.59. The average molecular weight is 276 g/mol. The first-order valence-corrected chi connectivity index (χ1v) is 6.81. The number of nitrogens with zero attached hydrogens (tertiary/aromatic N) is 2. The van der Waals surface area contributed by atoms with E-state index in [0.29, 0.717) is 0 Å². The van der Waals surface area contributed by atoms with Gasteiger partial charge in [0.25, 0.3) is 0 Å². The van der Waals surface area contributed by atoms with Crippen LogP contribution in [0.4, 0.5) is 10.5 Å². The van der Waals surface area contributed by atoms with E-state index in [2.05, 4.69) is 0 Å². The Balaban J connectivity index is 2.30. The van der Waals surface area contributed by atoms with E-state index in [0.717, 1.165) is 17.7 Å². The summed E-state index contributed by atoms with van der Waals surface area (Å²) in [4.78, 5) is 26.7. The van der Waals surface area contributed by atoms with Crippen molar-refractivity contribution in [2.75, 3.05) is 11.4 Å². The van der Waals surface area contributed by atoms with E-state index in [1.807, 2.05) is 45.0 Å². The van der Waals surface area contributed by atoms with Gasteiger partial charge in [0.15, 0.2) is 0 Å². The lowest BCUT2D eigenvalue weighted by Crippen LogP contribution is -2.50. The van der Waals surface area contributed by atoms with Crippen LogP contribution in [0.2, 0.25) is 0 Å². The highest BCUT2D eigenvalue weighted by Crippen LogP contribution is 2.32. The molecule has 0 saturated heterocycles. The SMILES string of the molecule is CC(C)N(CC(=O)O)C(=O)N1c2ccccc2CC1C. The molecule has 0 spiro atoms. The van der Waals surface area contributed by atoms with Gasteiger partial charge in [0.05, 0.1) is 0 Å². The Kier molecular flexibility index (Phi) is 3.97. The normalized spacial score (nSPS) is 17.2. The largest absolute Gasteiger partial charge is 0.480 e. The van der Waals surface area contributed by atoms with Gasteiger partial charge in [0, 0.05) is 17.8 Å². The molecule has 1 aliphatic rings. The van der Waals surface area contributed by atoms with Crippen LogP contribution in [0.1, 0.15) is 26.3 Å². The maximum absolute atomic E-state index is 12.7. The molecule has 1 N–H and O–H groups in total. The zero-order valence-corrected chi connectivity index (χ0v) is 12.0. The number of carbonyl (C=O) groups is 2. The molecule has 2 amide bonds. The molecule has 1 aromatic carbocycles. The Hall–Kier alpha value is -2.04. The first-order chi connectivity index (χ1) is 9.41. The molecular weight excluding hydrogens is 256 g/mol. The minimum absolute atomic E-state index is 0.0509. The molecule has 1 aliphatic heterocycles. The van der Waals surface area contributed by atoms with E-state index in [-0.39, 0.29) is 24.7 Å². The first-order valence-electron chi connectivity index (χ1n) is 6.81. The van der Waals surface area contributed by atoms with Gasteiger partial charge in [-0.1, -0.05) is 18.2 Å². The van der Waals surface area contributed by atoms with E-state index >= 15 is 0 Å². The molecule has 1 aromatic rings. The van der Waals surface area contributed by atoms with Crippen molar-refractivity contribution in [3.05, 3.63) is 29.8 Å². The summed E-state index contributed by atoms with van der Waals surface area (Å²) in [6.07, 6.45) is 0.806. The maximum atomic E-state index is 12.7. The van der Waals surface area contributed by atoms with Gasteiger partial charge in [0.1, 0.15) is 6.54 Å². The molecule has 1 heterocycles. The highest BCUT2D eigenvalue weighted by molar-refractivity contribution is 5.96. The van der Waals surface area contributed by atoms with Crippen molar-refractivity contribution in [3.8, 4) is 0 Å². The molecule has 0 bridgehead atoms. The Morgan fingerprint density at radius 3 is 2.65 bits per heavy atom. The van der Waals surface area contributed by atoms with Gasteiger partial charge in [-0.15, -0.1) is 0 Å². The van der Waals surface area contributed by atoms with Crippen LogP contribution < -0.4 is 4.90 Å². The number of carboxylic acids is 1. The highest BCUT2D eigenvalue weighted by atomic mass is 16.4. The molecular formula is C15H20N2O3. The zero-order valence-electron chi connectivity index (χ0n) is 12.0. The van der Waals surface area contributed by atoms with Crippen LogP contribution in [-0.2, 0) is 11.2 Å². The second-order valence-corrected chi connectivity index (χ2v) is 5.45. The second kappa shape index (κ2) is 5.53. The lowest BCUT2D eigenvalue weighted by atomic mass is 10.1. The van der Waals surface area contributed by atoms with Gasteiger partial charge in [-0.2, -0.15) is 0 Å². The van der Waals surface area contributed by atoms with Crippen LogP contribution in [-0.4, -0.2) is 40.6 Å². The standard InChI is InChI=1S/C15H20N2O3/c1-10(2)16(9-14(18)19)15(20)17-11(3)8-12-6-4-5-7-13(12)17/h4-7,10-11H,8-9H2,1-3H3,(H,18,19). The fourth-order valence-corrected chi connectivity index (χ4v) is 2.61. The van der Waals surface area contributed by atoms with Gasteiger partial charge in [-0.05, 0) is 38.8 Å². The summed E-state index contributed by atoms with van der Waals surface area (Å²) in [5, 5.41) is 8.97. The number of benzene rings is 1. The van der Waals surface area contributed by atoms with E-state index in [1.54, 1.807) is 4.90 Å². The quantitative estimate of drug-likeness (QED) is 0.921. The fourth-order valence-electron chi connectivity index (χ4n) is 2.61. The minimum Gasteiger partial charge on any atom is -0.480 e. The van der Waals surface area contributed by atoms with Crippen molar-refractivity contribution in [1.82, 2.24) is 4.90 Å². The van der Waals surface area contributed by atoms with Gasteiger partial charge < -0.3 is 10.0 Å². The number of aliphatic carboxylic acids is 1. The number of anilines is 1. The second-order valence-electron chi connectivity index (χ2n) is 5.45. The van der Waals surface area contributed by atoms with E-state index in [9.17, 15) is 9.59 Å². The topological polar surface area (TPSA) is 60.9 Å². The fraction of sp³-hybridized carbons (Fsp3) is 0.467. The minimum atomic E-state index is -0.993. The monoisotopic (exact) mass is 276 g/mol. The highest BCUT2D eigenvalue weighted by Gasteiger charge is 2.34. The zero-order chi connectivity index (χ0) is 14.9. The summed E-state index contributed by atoms with van der Waals surface area (Å²) in [7, 11) is 0. The van der Waals surface area contributed by atoms with Crippen molar-refractivity contribution in [2.45, 2.75) is 39.3 Å². The molecule has 20 heavy (non-hydrogen) atoms. The molecule has 2 rings (SSSR count). The number of para-hydroxylation sites is 1. The molecule has 0 radical (unpaired) electrons.